The third kappa shape index (κ3) is 5.38. The first-order chi connectivity index (χ1) is 16.2. The largest absolute Gasteiger partial charge is 0.369 e. The average Bonchev–Trinajstić information content (AvgIpc) is 2.73. The number of nitrogens with zero attached hydrogens (tertiary/aromatic N) is 2. The van der Waals surface area contributed by atoms with Gasteiger partial charge in [-0.3, -0.25) is 14.5 Å². The van der Waals surface area contributed by atoms with E-state index in [1.807, 2.05) is 24.3 Å². The molecule has 4 rings (SSSR count). The van der Waals surface area contributed by atoms with Crippen molar-refractivity contribution < 1.29 is 18.4 Å². The van der Waals surface area contributed by atoms with E-state index in [0.717, 1.165) is 29.3 Å². The highest BCUT2D eigenvalue weighted by Gasteiger charge is 2.40. The predicted octanol–water partition coefficient (Wildman–Crippen LogP) is 4.95. The van der Waals surface area contributed by atoms with E-state index in [1.165, 1.54) is 4.90 Å². The van der Waals surface area contributed by atoms with E-state index in [9.17, 15) is 18.4 Å². The molecule has 0 radical (unpaired) electrons. The van der Waals surface area contributed by atoms with Crippen molar-refractivity contribution in [2.75, 3.05) is 18.0 Å². The molecule has 0 bridgehead atoms. The molecule has 34 heavy (non-hydrogen) atoms. The molecule has 0 atom stereocenters. The fourth-order valence-electron chi connectivity index (χ4n) is 4.24. The van der Waals surface area contributed by atoms with Gasteiger partial charge in [0.1, 0.15) is 18.1 Å². The molecule has 3 aromatic carbocycles. The molecule has 3 aromatic rings. The Labute approximate surface area is 205 Å². The van der Waals surface area contributed by atoms with Crippen molar-refractivity contribution in [1.29, 1.82) is 0 Å². The molecule has 1 saturated heterocycles. The second kappa shape index (κ2) is 10.1. The van der Waals surface area contributed by atoms with Gasteiger partial charge in [-0.25, -0.2) is 8.78 Å². The summed E-state index contributed by atoms with van der Waals surface area (Å²) in [6.45, 7) is 0.803. The van der Waals surface area contributed by atoms with Crippen LogP contribution in [0.25, 0.3) is 0 Å². The molecule has 176 valence electrons. The molecule has 1 heterocycles. The highest BCUT2D eigenvalue weighted by Crippen LogP contribution is 2.36. The third-order valence-corrected chi connectivity index (χ3v) is 6.22. The van der Waals surface area contributed by atoms with Crippen LogP contribution in [0.2, 0.25) is 10.0 Å². The van der Waals surface area contributed by atoms with Gasteiger partial charge in [-0.2, -0.15) is 0 Å². The van der Waals surface area contributed by atoms with Crippen LogP contribution in [0, 0.1) is 11.6 Å². The summed E-state index contributed by atoms with van der Waals surface area (Å²) in [6.07, 6.45) is -0.563. The number of carbonyl (C=O) groups is 2. The molecule has 1 fully saturated rings. The highest BCUT2D eigenvalue weighted by atomic mass is 35.5. The summed E-state index contributed by atoms with van der Waals surface area (Å²) < 4.78 is 27.8. The normalized spacial score (nSPS) is 14.1. The molecule has 9 heteroatoms. The number of halogens is 4. The highest BCUT2D eigenvalue weighted by molar-refractivity contribution is 6.30. The van der Waals surface area contributed by atoms with E-state index in [4.69, 9.17) is 28.9 Å². The van der Waals surface area contributed by atoms with Gasteiger partial charge >= 0.3 is 0 Å². The summed E-state index contributed by atoms with van der Waals surface area (Å²) >= 11 is 12.1. The zero-order valence-electron chi connectivity index (χ0n) is 17.9. The van der Waals surface area contributed by atoms with Crippen LogP contribution in [0.3, 0.4) is 0 Å². The molecule has 0 aliphatic carbocycles. The number of primary amides is 1. The summed E-state index contributed by atoms with van der Waals surface area (Å²) in [5.41, 5.74) is 7.23. The van der Waals surface area contributed by atoms with Gasteiger partial charge in [0.15, 0.2) is 0 Å². The van der Waals surface area contributed by atoms with Gasteiger partial charge in [-0.05, 0) is 47.5 Å². The van der Waals surface area contributed by atoms with Crippen molar-refractivity contribution >= 4 is 40.7 Å². The Balaban J connectivity index is 1.63. The van der Waals surface area contributed by atoms with Gasteiger partial charge in [0.05, 0.1) is 12.1 Å². The number of amides is 2. The Bertz CT molecular complexity index is 1130. The van der Waals surface area contributed by atoms with Crippen molar-refractivity contribution in [3.05, 3.63) is 99.5 Å². The van der Waals surface area contributed by atoms with Crippen LogP contribution in [0.4, 0.5) is 14.5 Å². The Morgan fingerprint density at radius 3 is 1.82 bits per heavy atom. The quantitative estimate of drug-likeness (QED) is 0.463. The number of benzene rings is 3. The molecule has 2 N–H and O–H groups in total. The molecule has 0 aromatic heterocycles. The first-order valence-electron chi connectivity index (χ1n) is 10.5. The standard InChI is InChI=1S/C25H21Cl2F2N3O2/c26-17-5-1-15(2-6-17)25(16-3-7-18(27)8-4-16)31-13-22(14-31)32(24(34)12-23(30)33)21-10-19(28)9-20(29)11-21/h1-11,22,25H,12-14H2,(H2,30,33). The number of anilines is 1. The summed E-state index contributed by atoms with van der Waals surface area (Å²) in [4.78, 5) is 27.6. The molecular formula is C25H21Cl2F2N3O2. The second-order valence-electron chi connectivity index (χ2n) is 8.15. The van der Waals surface area contributed by atoms with Crippen molar-refractivity contribution in [3.63, 3.8) is 0 Å². The van der Waals surface area contributed by atoms with Gasteiger partial charge in [-0.1, -0.05) is 47.5 Å². The first kappa shape index (κ1) is 24.1. The van der Waals surface area contributed by atoms with E-state index in [1.54, 1.807) is 24.3 Å². The maximum atomic E-state index is 13.9. The summed E-state index contributed by atoms with van der Waals surface area (Å²) in [6, 6.07) is 17.2. The Morgan fingerprint density at radius 1 is 0.912 bits per heavy atom. The number of rotatable bonds is 7. The monoisotopic (exact) mass is 503 g/mol. The number of carbonyl (C=O) groups excluding carboxylic acids is 2. The maximum Gasteiger partial charge on any atom is 0.236 e. The van der Waals surface area contributed by atoms with Crippen LogP contribution in [0.5, 0.6) is 0 Å². The molecular weight excluding hydrogens is 483 g/mol. The maximum absolute atomic E-state index is 13.9. The predicted molar refractivity (Wildman–Crippen MR) is 128 cm³/mol. The van der Waals surface area contributed by atoms with E-state index in [0.29, 0.717) is 23.1 Å². The van der Waals surface area contributed by atoms with Gasteiger partial charge in [0, 0.05) is 34.9 Å². The number of hydrogen-bond acceptors (Lipinski definition) is 3. The van der Waals surface area contributed by atoms with Crippen molar-refractivity contribution in [2.45, 2.75) is 18.5 Å². The lowest BCUT2D eigenvalue weighted by molar-refractivity contribution is -0.126. The van der Waals surface area contributed by atoms with Crippen molar-refractivity contribution in [1.82, 2.24) is 4.90 Å². The summed E-state index contributed by atoms with van der Waals surface area (Å²) in [5.74, 6) is -3.06. The smallest absolute Gasteiger partial charge is 0.236 e. The van der Waals surface area contributed by atoms with Crippen LogP contribution in [0.1, 0.15) is 23.6 Å². The van der Waals surface area contributed by atoms with Crippen molar-refractivity contribution in [3.8, 4) is 0 Å². The summed E-state index contributed by atoms with van der Waals surface area (Å²) in [5, 5.41) is 1.22. The molecule has 0 spiro atoms. The Hall–Kier alpha value is -3.00. The number of hydrogen-bond donors (Lipinski definition) is 1. The number of likely N-dealkylation sites (tertiary alicyclic amines) is 1. The molecule has 5 nitrogen and oxygen atoms in total. The second-order valence-corrected chi connectivity index (χ2v) is 9.02. The van der Waals surface area contributed by atoms with E-state index in [2.05, 4.69) is 4.90 Å². The van der Waals surface area contributed by atoms with Gasteiger partial charge < -0.3 is 10.6 Å². The minimum absolute atomic E-state index is 0.0444. The van der Waals surface area contributed by atoms with Crippen LogP contribution < -0.4 is 10.6 Å². The van der Waals surface area contributed by atoms with Crippen LogP contribution in [-0.4, -0.2) is 35.8 Å². The van der Waals surface area contributed by atoms with E-state index >= 15 is 0 Å². The van der Waals surface area contributed by atoms with Crippen LogP contribution in [0.15, 0.2) is 66.7 Å². The van der Waals surface area contributed by atoms with Gasteiger partial charge in [-0.15, -0.1) is 0 Å². The third-order valence-electron chi connectivity index (χ3n) is 5.71. The minimum Gasteiger partial charge on any atom is -0.369 e. The average molecular weight is 504 g/mol. The van der Waals surface area contributed by atoms with Crippen LogP contribution in [-0.2, 0) is 9.59 Å². The van der Waals surface area contributed by atoms with Crippen LogP contribution >= 0.6 is 23.2 Å². The lowest BCUT2D eigenvalue weighted by atomic mass is 9.92. The fraction of sp³-hybridized carbons (Fsp3) is 0.200. The Morgan fingerprint density at radius 2 is 1.38 bits per heavy atom. The number of nitrogens with two attached hydrogens (primary N) is 1. The Kier molecular flexibility index (Phi) is 7.16. The van der Waals surface area contributed by atoms with Gasteiger partial charge in [0.2, 0.25) is 11.8 Å². The van der Waals surface area contributed by atoms with Gasteiger partial charge in [0.25, 0.3) is 0 Å². The SMILES string of the molecule is NC(=O)CC(=O)N(c1cc(F)cc(F)c1)C1CN(C(c2ccc(Cl)cc2)c2ccc(Cl)cc2)C1. The molecule has 0 unspecified atom stereocenters. The molecule has 2 amide bonds. The molecule has 1 aliphatic heterocycles. The first-order valence-corrected chi connectivity index (χ1v) is 11.3. The minimum atomic E-state index is -0.816. The fourth-order valence-corrected chi connectivity index (χ4v) is 4.49. The zero-order valence-corrected chi connectivity index (χ0v) is 19.4. The topological polar surface area (TPSA) is 66.6 Å². The molecule has 0 saturated carbocycles. The lowest BCUT2D eigenvalue weighted by Crippen LogP contribution is -2.62. The van der Waals surface area contributed by atoms with E-state index in [-0.39, 0.29) is 11.7 Å². The van der Waals surface area contributed by atoms with E-state index < -0.39 is 35.9 Å². The zero-order chi connectivity index (χ0) is 24.4. The summed E-state index contributed by atoms with van der Waals surface area (Å²) in [7, 11) is 0. The lowest BCUT2D eigenvalue weighted by Gasteiger charge is -2.49. The molecule has 1 aliphatic rings. The van der Waals surface area contributed by atoms with Crippen molar-refractivity contribution in [2.24, 2.45) is 5.73 Å².